The van der Waals surface area contributed by atoms with Gasteiger partial charge in [-0.1, -0.05) is 12.8 Å². The Morgan fingerprint density at radius 2 is 1.73 bits per heavy atom. The molecule has 0 spiro atoms. The van der Waals surface area contributed by atoms with E-state index < -0.39 is 0 Å². The molecule has 1 aromatic heterocycles. The van der Waals surface area contributed by atoms with E-state index in [2.05, 4.69) is 20.8 Å². The standard InChI is InChI=1S/C19H30N4O2.BrH/c24-18(21-12-6-5-11-20-14-7-1-2-8-14)13-17-15-9-3-4-10-16(15)19(25)23-22-17;/h14,20H,1-13H2,(H,21,24)(H,23,25);1H. The number of aromatic amines is 1. The number of H-pyrrole nitrogens is 1. The number of halogens is 1. The van der Waals surface area contributed by atoms with Crippen LogP contribution in [-0.2, 0) is 24.1 Å². The van der Waals surface area contributed by atoms with Gasteiger partial charge >= 0.3 is 0 Å². The molecule has 1 fully saturated rings. The summed E-state index contributed by atoms with van der Waals surface area (Å²) in [4.78, 5) is 24.0. The van der Waals surface area contributed by atoms with Gasteiger partial charge in [0.15, 0.2) is 0 Å². The van der Waals surface area contributed by atoms with Gasteiger partial charge in [0, 0.05) is 18.2 Å². The van der Waals surface area contributed by atoms with Crippen molar-refractivity contribution < 1.29 is 4.79 Å². The number of hydrogen-bond donors (Lipinski definition) is 3. The molecule has 1 amide bonds. The van der Waals surface area contributed by atoms with Crippen LogP contribution < -0.4 is 16.2 Å². The highest BCUT2D eigenvalue weighted by molar-refractivity contribution is 8.93. The molecular weight excluding hydrogens is 396 g/mol. The Morgan fingerprint density at radius 1 is 1.04 bits per heavy atom. The van der Waals surface area contributed by atoms with E-state index in [1.54, 1.807) is 0 Å². The molecule has 0 unspecified atom stereocenters. The summed E-state index contributed by atoms with van der Waals surface area (Å²) in [5, 5.41) is 13.3. The summed E-state index contributed by atoms with van der Waals surface area (Å²) in [6.07, 6.45) is 11.5. The average molecular weight is 427 g/mol. The SMILES string of the molecule is Br.O=C(Cc1n[nH]c(=O)c2c1CCCC2)NCCCCNC1CCCC1. The van der Waals surface area contributed by atoms with Gasteiger partial charge in [0.05, 0.1) is 12.1 Å². The first-order chi connectivity index (χ1) is 12.2. The summed E-state index contributed by atoms with van der Waals surface area (Å²) in [5.41, 5.74) is 2.50. The zero-order chi connectivity index (χ0) is 17.5. The molecule has 0 aromatic carbocycles. The summed E-state index contributed by atoms with van der Waals surface area (Å²) in [6.45, 7) is 1.74. The summed E-state index contributed by atoms with van der Waals surface area (Å²) >= 11 is 0. The lowest BCUT2D eigenvalue weighted by molar-refractivity contribution is -0.120. The molecule has 3 rings (SSSR count). The van der Waals surface area contributed by atoms with Crippen LogP contribution in [0.25, 0.3) is 0 Å². The van der Waals surface area contributed by atoms with E-state index in [4.69, 9.17) is 0 Å². The molecule has 7 heteroatoms. The maximum absolute atomic E-state index is 12.2. The molecule has 2 aliphatic carbocycles. The Labute approximate surface area is 165 Å². The lowest BCUT2D eigenvalue weighted by Gasteiger charge is -2.17. The second-order valence-electron chi connectivity index (χ2n) is 7.33. The van der Waals surface area contributed by atoms with E-state index >= 15 is 0 Å². The highest BCUT2D eigenvalue weighted by Crippen LogP contribution is 2.20. The molecule has 6 nitrogen and oxygen atoms in total. The smallest absolute Gasteiger partial charge is 0.267 e. The third kappa shape index (κ3) is 5.91. The third-order valence-corrected chi connectivity index (χ3v) is 5.42. The van der Waals surface area contributed by atoms with Gasteiger partial charge in [-0.05, 0) is 63.5 Å². The van der Waals surface area contributed by atoms with Crippen molar-refractivity contribution in [2.75, 3.05) is 13.1 Å². The minimum Gasteiger partial charge on any atom is -0.356 e. The number of rotatable bonds is 8. The molecular formula is C19H31BrN4O2. The van der Waals surface area contributed by atoms with Crippen LogP contribution in [0.15, 0.2) is 4.79 Å². The number of nitrogens with zero attached hydrogens (tertiary/aromatic N) is 1. The Kier molecular flexibility index (Phi) is 8.78. The normalized spacial score (nSPS) is 16.8. The van der Waals surface area contributed by atoms with E-state index in [9.17, 15) is 9.59 Å². The molecule has 3 N–H and O–H groups in total. The Morgan fingerprint density at radius 3 is 2.50 bits per heavy atom. The number of amides is 1. The minimum absolute atomic E-state index is 0. The summed E-state index contributed by atoms with van der Waals surface area (Å²) in [7, 11) is 0. The summed E-state index contributed by atoms with van der Waals surface area (Å²) in [5.74, 6) is -0.00363. The van der Waals surface area contributed by atoms with E-state index in [1.807, 2.05) is 0 Å². The number of aromatic nitrogens is 2. The third-order valence-electron chi connectivity index (χ3n) is 5.42. The zero-order valence-electron chi connectivity index (χ0n) is 15.4. The minimum atomic E-state index is -0.0892. The van der Waals surface area contributed by atoms with Gasteiger partial charge in [0.25, 0.3) is 5.56 Å². The van der Waals surface area contributed by atoms with Crippen LogP contribution >= 0.6 is 17.0 Å². The molecule has 2 aliphatic rings. The predicted octanol–water partition coefficient (Wildman–Crippen LogP) is 2.20. The molecule has 1 heterocycles. The quantitative estimate of drug-likeness (QED) is 0.556. The second-order valence-corrected chi connectivity index (χ2v) is 7.33. The maximum Gasteiger partial charge on any atom is 0.267 e. The van der Waals surface area contributed by atoms with Crippen LogP contribution in [0.4, 0.5) is 0 Å². The largest absolute Gasteiger partial charge is 0.356 e. The van der Waals surface area contributed by atoms with Gasteiger partial charge in [-0.3, -0.25) is 9.59 Å². The van der Waals surface area contributed by atoms with Crippen molar-refractivity contribution in [2.24, 2.45) is 0 Å². The van der Waals surface area contributed by atoms with E-state index in [-0.39, 0.29) is 34.9 Å². The molecule has 0 radical (unpaired) electrons. The fourth-order valence-electron chi connectivity index (χ4n) is 4.00. The van der Waals surface area contributed by atoms with Crippen molar-refractivity contribution in [2.45, 2.75) is 76.7 Å². The van der Waals surface area contributed by atoms with Crippen LogP contribution in [-0.4, -0.2) is 35.2 Å². The summed E-state index contributed by atoms with van der Waals surface area (Å²) < 4.78 is 0. The lowest BCUT2D eigenvalue weighted by Crippen LogP contribution is -2.30. The first kappa shape index (κ1) is 21.1. The van der Waals surface area contributed by atoms with E-state index in [1.165, 1.54) is 25.7 Å². The van der Waals surface area contributed by atoms with Gasteiger partial charge in [0.1, 0.15) is 0 Å². The molecule has 1 aromatic rings. The Bertz CT molecular complexity index is 641. The fraction of sp³-hybridized carbons (Fsp3) is 0.737. The first-order valence-electron chi connectivity index (χ1n) is 9.83. The zero-order valence-corrected chi connectivity index (χ0v) is 17.2. The topological polar surface area (TPSA) is 86.9 Å². The van der Waals surface area contributed by atoms with E-state index in [0.717, 1.165) is 61.9 Å². The van der Waals surface area contributed by atoms with Crippen molar-refractivity contribution in [3.8, 4) is 0 Å². The van der Waals surface area contributed by atoms with Crippen LogP contribution in [0.1, 0.15) is 68.2 Å². The van der Waals surface area contributed by atoms with Gasteiger partial charge in [-0.25, -0.2) is 5.10 Å². The van der Waals surface area contributed by atoms with Crippen LogP contribution in [0.3, 0.4) is 0 Å². The second kappa shape index (κ2) is 10.8. The van der Waals surface area contributed by atoms with Crippen molar-refractivity contribution in [1.29, 1.82) is 0 Å². The molecule has 26 heavy (non-hydrogen) atoms. The maximum atomic E-state index is 12.2. The van der Waals surface area contributed by atoms with Crippen molar-refractivity contribution in [1.82, 2.24) is 20.8 Å². The fourth-order valence-corrected chi connectivity index (χ4v) is 4.00. The summed E-state index contributed by atoms with van der Waals surface area (Å²) in [6, 6.07) is 0.715. The highest BCUT2D eigenvalue weighted by Gasteiger charge is 2.19. The van der Waals surface area contributed by atoms with Crippen molar-refractivity contribution in [3.63, 3.8) is 0 Å². The number of fused-ring (bicyclic) bond motifs is 1. The molecule has 146 valence electrons. The average Bonchev–Trinajstić information content (AvgIpc) is 3.14. The van der Waals surface area contributed by atoms with Gasteiger partial charge in [-0.2, -0.15) is 5.10 Å². The number of unbranched alkanes of at least 4 members (excludes halogenated alkanes) is 1. The monoisotopic (exact) mass is 426 g/mol. The number of hydrogen-bond acceptors (Lipinski definition) is 4. The van der Waals surface area contributed by atoms with Crippen molar-refractivity contribution >= 4 is 22.9 Å². The molecule has 1 saturated carbocycles. The first-order valence-corrected chi connectivity index (χ1v) is 9.83. The molecule has 0 bridgehead atoms. The Balaban J connectivity index is 0.00000243. The Hall–Kier alpha value is -1.21. The molecule has 0 saturated heterocycles. The number of carbonyl (C=O) groups is 1. The van der Waals surface area contributed by atoms with E-state index in [0.29, 0.717) is 12.6 Å². The molecule has 0 atom stereocenters. The van der Waals surface area contributed by atoms with Crippen molar-refractivity contribution in [3.05, 3.63) is 27.2 Å². The van der Waals surface area contributed by atoms with Crippen LogP contribution in [0.2, 0.25) is 0 Å². The van der Waals surface area contributed by atoms with Crippen LogP contribution in [0, 0.1) is 0 Å². The molecule has 0 aliphatic heterocycles. The number of nitrogens with one attached hydrogen (secondary N) is 3. The van der Waals surface area contributed by atoms with Gasteiger partial charge in [-0.15, -0.1) is 17.0 Å². The van der Waals surface area contributed by atoms with Gasteiger partial charge in [0.2, 0.25) is 5.91 Å². The van der Waals surface area contributed by atoms with Crippen LogP contribution in [0.5, 0.6) is 0 Å². The number of carbonyl (C=O) groups excluding carboxylic acids is 1. The highest BCUT2D eigenvalue weighted by atomic mass is 79.9. The lowest BCUT2D eigenvalue weighted by atomic mass is 9.91. The van der Waals surface area contributed by atoms with Gasteiger partial charge < -0.3 is 10.6 Å². The predicted molar refractivity (Wildman–Crippen MR) is 108 cm³/mol.